The second kappa shape index (κ2) is 9.38. The van der Waals surface area contributed by atoms with Gasteiger partial charge in [0, 0.05) is 26.2 Å². The van der Waals surface area contributed by atoms with Crippen LogP contribution in [-0.2, 0) is 11.3 Å². The molecular formula is C24H37N3O3. The molecule has 1 aromatic carbocycles. The lowest BCUT2D eigenvalue weighted by molar-refractivity contribution is -0.136. The summed E-state index contributed by atoms with van der Waals surface area (Å²) in [6.45, 7) is 12.5. The highest BCUT2D eigenvalue weighted by Crippen LogP contribution is 2.38. The maximum absolute atomic E-state index is 13.6. The summed E-state index contributed by atoms with van der Waals surface area (Å²) in [6.07, 6.45) is 2.34. The van der Waals surface area contributed by atoms with Gasteiger partial charge in [-0.2, -0.15) is 0 Å². The first kappa shape index (κ1) is 22.6. The number of carbonyl (C=O) groups excluding carboxylic acids is 2. The van der Waals surface area contributed by atoms with Crippen molar-refractivity contribution >= 4 is 11.9 Å². The number of carbonyl (C=O) groups is 2. The van der Waals surface area contributed by atoms with Crippen molar-refractivity contribution in [3.63, 3.8) is 0 Å². The van der Waals surface area contributed by atoms with Crippen LogP contribution in [0.1, 0.15) is 52.5 Å². The molecule has 1 spiro atoms. The van der Waals surface area contributed by atoms with Gasteiger partial charge < -0.3 is 14.5 Å². The van der Waals surface area contributed by atoms with Crippen LogP contribution in [0.3, 0.4) is 0 Å². The maximum Gasteiger partial charge on any atom is 0.327 e. The van der Waals surface area contributed by atoms with Gasteiger partial charge in [-0.05, 0) is 48.8 Å². The Morgan fingerprint density at radius 2 is 1.77 bits per heavy atom. The van der Waals surface area contributed by atoms with E-state index in [4.69, 9.17) is 4.74 Å². The molecule has 3 rings (SSSR count). The summed E-state index contributed by atoms with van der Waals surface area (Å²) >= 11 is 0. The van der Waals surface area contributed by atoms with Gasteiger partial charge in [0.25, 0.3) is 5.91 Å². The predicted octanol–water partition coefficient (Wildman–Crippen LogP) is 4.00. The van der Waals surface area contributed by atoms with Crippen LogP contribution >= 0.6 is 0 Å². The topological polar surface area (TPSA) is 53.1 Å². The van der Waals surface area contributed by atoms with E-state index in [1.54, 1.807) is 7.11 Å². The van der Waals surface area contributed by atoms with Crippen molar-refractivity contribution in [1.82, 2.24) is 14.7 Å². The number of hydrogen-bond acceptors (Lipinski definition) is 4. The van der Waals surface area contributed by atoms with Crippen LogP contribution in [-0.4, -0.2) is 65.5 Å². The molecule has 30 heavy (non-hydrogen) atoms. The molecule has 0 radical (unpaired) electrons. The second-order valence-corrected chi connectivity index (χ2v) is 9.59. The number of benzene rings is 1. The Labute approximate surface area is 181 Å². The molecule has 0 unspecified atom stereocenters. The van der Waals surface area contributed by atoms with Gasteiger partial charge in [-0.15, -0.1) is 0 Å². The third-order valence-corrected chi connectivity index (χ3v) is 6.33. The van der Waals surface area contributed by atoms with E-state index in [-0.39, 0.29) is 11.9 Å². The minimum atomic E-state index is -0.682. The Morgan fingerprint density at radius 1 is 1.07 bits per heavy atom. The zero-order valence-electron chi connectivity index (χ0n) is 19.2. The lowest BCUT2D eigenvalue weighted by atomic mass is 9.85. The van der Waals surface area contributed by atoms with Crippen molar-refractivity contribution < 1.29 is 14.3 Å². The Hall–Kier alpha value is -2.08. The standard InChI is InChI=1S/C24H37N3O3/c1-18(2)9-12-27-23(29)26(17-20-7-6-8-21(15-20)30-5)22(28)24(27)10-13-25(14-11-24)16-19(3)4/h6-8,15,18-19H,9-14,16-17H2,1-5H3. The SMILES string of the molecule is COc1cccc(CN2C(=O)N(CCC(C)C)C3(CCN(CC(C)C)CC3)C2=O)c1. The van der Waals surface area contributed by atoms with Gasteiger partial charge in [-0.3, -0.25) is 9.69 Å². The van der Waals surface area contributed by atoms with E-state index in [9.17, 15) is 9.59 Å². The molecule has 0 atom stereocenters. The number of urea groups is 1. The molecule has 0 saturated carbocycles. The summed E-state index contributed by atoms with van der Waals surface area (Å²) in [5.41, 5.74) is 0.229. The summed E-state index contributed by atoms with van der Waals surface area (Å²) in [7, 11) is 1.62. The highest BCUT2D eigenvalue weighted by atomic mass is 16.5. The number of nitrogens with zero attached hydrogens (tertiary/aromatic N) is 3. The third-order valence-electron chi connectivity index (χ3n) is 6.33. The molecule has 0 aromatic heterocycles. The molecule has 2 fully saturated rings. The van der Waals surface area contributed by atoms with E-state index in [2.05, 4.69) is 32.6 Å². The summed E-state index contributed by atoms with van der Waals surface area (Å²) in [5, 5.41) is 0. The zero-order valence-corrected chi connectivity index (χ0v) is 19.2. The quantitative estimate of drug-likeness (QED) is 0.603. The molecule has 6 heteroatoms. The number of ether oxygens (including phenoxy) is 1. The fraction of sp³-hybridized carbons (Fsp3) is 0.667. The summed E-state index contributed by atoms with van der Waals surface area (Å²) in [5.74, 6) is 1.79. The van der Waals surface area contributed by atoms with Gasteiger partial charge in [0.1, 0.15) is 11.3 Å². The number of imide groups is 1. The van der Waals surface area contributed by atoms with Crippen molar-refractivity contribution in [1.29, 1.82) is 0 Å². The smallest absolute Gasteiger partial charge is 0.327 e. The van der Waals surface area contributed by atoms with Gasteiger partial charge in [0.15, 0.2) is 0 Å². The third kappa shape index (κ3) is 4.64. The number of rotatable bonds is 8. The molecule has 1 aromatic rings. The summed E-state index contributed by atoms with van der Waals surface area (Å²) in [6, 6.07) is 7.47. The van der Waals surface area contributed by atoms with Gasteiger partial charge >= 0.3 is 6.03 Å². The highest BCUT2D eigenvalue weighted by Gasteiger charge is 2.57. The monoisotopic (exact) mass is 415 g/mol. The van der Waals surface area contributed by atoms with E-state index in [0.29, 0.717) is 24.9 Å². The van der Waals surface area contributed by atoms with E-state index in [0.717, 1.165) is 50.2 Å². The zero-order chi connectivity index (χ0) is 21.9. The van der Waals surface area contributed by atoms with Crippen LogP contribution < -0.4 is 4.74 Å². The second-order valence-electron chi connectivity index (χ2n) is 9.59. The average Bonchev–Trinajstić information content (AvgIpc) is 2.89. The Morgan fingerprint density at radius 3 is 2.37 bits per heavy atom. The molecular weight excluding hydrogens is 378 g/mol. The first-order valence-corrected chi connectivity index (χ1v) is 11.3. The van der Waals surface area contributed by atoms with Gasteiger partial charge in [-0.1, -0.05) is 39.8 Å². The van der Waals surface area contributed by atoms with Gasteiger partial charge in [-0.25, -0.2) is 4.79 Å². The Balaban J connectivity index is 1.82. The molecule has 6 nitrogen and oxygen atoms in total. The van der Waals surface area contributed by atoms with Crippen LogP contribution in [0.4, 0.5) is 4.79 Å². The van der Waals surface area contributed by atoms with Gasteiger partial charge in [0.05, 0.1) is 13.7 Å². The minimum absolute atomic E-state index is 0.0247. The van der Waals surface area contributed by atoms with Gasteiger partial charge in [0.2, 0.25) is 0 Å². The largest absolute Gasteiger partial charge is 0.497 e. The first-order valence-electron chi connectivity index (χ1n) is 11.3. The average molecular weight is 416 g/mol. The van der Waals surface area contributed by atoms with E-state index < -0.39 is 5.54 Å². The lowest BCUT2D eigenvalue weighted by Gasteiger charge is -2.42. The molecule has 0 bridgehead atoms. The molecule has 2 saturated heterocycles. The summed E-state index contributed by atoms with van der Waals surface area (Å²) < 4.78 is 5.31. The van der Waals surface area contributed by atoms with E-state index in [1.807, 2.05) is 29.2 Å². The van der Waals surface area contributed by atoms with E-state index >= 15 is 0 Å². The Bertz CT molecular complexity index is 754. The van der Waals surface area contributed by atoms with Crippen LogP contribution in [0.15, 0.2) is 24.3 Å². The number of amides is 3. The Kier molecular flexibility index (Phi) is 7.06. The van der Waals surface area contributed by atoms with Crippen LogP contribution in [0.25, 0.3) is 0 Å². The van der Waals surface area contributed by atoms with Crippen LogP contribution in [0.5, 0.6) is 5.75 Å². The van der Waals surface area contributed by atoms with Crippen molar-refractivity contribution in [2.45, 2.75) is 59.0 Å². The number of likely N-dealkylation sites (tertiary alicyclic amines) is 1. The minimum Gasteiger partial charge on any atom is -0.497 e. The van der Waals surface area contributed by atoms with Crippen LogP contribution in [0.2, 0.25) is 0 Å². The molecule has 0 aliphatic carbocycles. The predicted molar refractivity (Wildman–Crippen MR) is 118 cm³/mol. The molecule has 3 amide bonds. The molecule has 2 aliphatic heterocycles. The van der Waals surface area contributed by atoms with Crippen LogP contribution in [0, 0.1) is 11.8 Å². The van der Waals surface area contributed by atoms with Crippen molar-refractivity contribution in [2.75, 3.05) is 33.3 Å². The molecule has 0 N–H and O–H groups in total. The lowest BCUT2D eigenvalue weighted by Crippen LogP contribution is -2.57. The first-order chi connectivity index (χ1) is 14.3. The van der Waals surface area contributed by atoms with Crippen molar-refractivity contribution in [2.24, 2.45) is 11.8 Å². The number of hydrogen-bond donors (Lipinski definition) is 0. The normalized spacial score (nSPS) is 19.6. The molecule has 166 valence electrons. The molecule has 2 heterocycles. The number of methoxy groups -OCH3 is 1. The highest BCUT2D eigenvalue weighted by molar-refractivity contribution is 6.07. The summed E-state index contributed by atoms with van der Waals surface area (Å²) in [4.78, 5) is 32.8. The molecule has 2 aliphatic rings. The van der Waals surface area contributed by atoms with Crippen molar-refractivity contribution in [3.8, 4) is 5.75 Å². The van der Waals surface area contributed by atoms with E-state index in [1.165, 1.54) is 4.90 Å². The number of piperidine rings is 1. The fourth-order valence-corrected chi connectivity index (χ4v) is 4.68. The maximum atomic E-state index is 13.6. The fourth-order valence-electron chi connectivity index (χ4n) is 4.68. The van der Waals surface area contributed by atoms with Crippen molar-refractivity contribution in [3.05, 3.63) is 29.8 Å².